The number of hydrogen-bond donors (Lipinski definition) is 1. The summed E-state index contributed by atoms with van der Waals surface area (Å²) in [5.74, 6) is -1.37. The van der Waals surface area contributed by atoms with Crippen LogP contribution in [0.5, 0.6) is 5.75 Å². The predicted octanol–water partition coefficient (Wildman–Crippen LogP) is 5.70. The number of ketones is 1. The van der Waals surface area contributed by atoms with E-state index in [1.807, 2.05) is 70.2 Å². The summed E-state index contributed by atoms with van der Waals surface area (Å²) < 4.78 is 5.87. The van der Waals surface area contributed by atoms with Crippen molar-refractivity contribution in [1.82, 2.24) is 4.90 Å². The number of nitro benzene ring substituents is 1. The van der Waals surface area contributed by atoms with Gasteiger partial charge in [-0.05, 0) is 51.0 Å². The molecule has 1 heterocycles. The second-order valence-electron chi connectivity index (χ2n) is 10.0. The highest BCUT2D eigenvalue weighted by Crippen LogP contribution is 2.41. The standard InChI is InChI=1S/C29H28N2O6/c1-18-7-5-8-20(15-18)25-24(26(32)21-9-6-10-22(16-21)31(35)36)27(33)28(34)30(25)17-19-11-13-23(14-12-19)37-29(2,3)4/h5-16,25,32H,17H2,1-4H3/b26-24-. The van der Waals surface area contributed by atoms with Crippen molar-refractivity contribution < 1.29 is 24.4 Å². The monoisotopic (exact) mass is 500 g/mol. The van der Waals surface area contributed by atoms with Gasteiger partial charge in [0, 0.05) is 24.2 Å². The van der Waals surface area contributed by atoms with Gasteiger partial charge in [-0.1, -0.05) is 54.1 Å². The van der Waals surface area contributed by atoms with Gasteiger partial charge in [-0.2, -0.15) is 0 Å². The van der Waals surface area contributed by atoms with Crippen molar-refractivity contribution in [3.05, 3.63) is 111 Å². The normalized spacial score (nSPS) is 17.2. The Hall–Kier alpha value is -4.46. The number of rotatable bonds is 6. The van der Waals surface area contributed by atoms with Crippen molar-refractivity contribution in [1.29, 1.82) is 0 Å². The van der Waals surface area contributed by atoms with Crippen molar-refractivity contribution >= 4 is 23.1 Å². The second-order valence-corrected chi connectivity index (χ2v) is 10.0. The van der Waals surface area contributed by atoms with E-state index in [1.54, 1.807) is 6.07 Å². The smallest absolute Gasteiger partial charge is 0.295 e. The Labute approximate surface area is 215 Å². The molecule has 1 N–H and O–H groups in total. The molecule has 1 atom stereocenters. The fraction of sp³-hybridized carbons (Fsp3) is 0.241. The minimum atomic E-state index is -0.871. The molecule has 1 fully saturated rings. The van der Waals surface area contributed by atoms with Crippen molar-refractivity contribution in [3.63, 3.8) is 0 Å². The van der Waals surface area contributed by atoms with Crippen LogP contribution in [0.1, 0.15) is 49.1 Å². The molecule has 37 heavy (non-hydrogen) atoms. The number of carbonyl (C=O) groups excluding carboxylic acids is 2. The van der Waals surface area contributed by atoms with Gasteiger partial charge in [0.15, 0.2) is 0 Å². The minimum Gasteiger partial charge on any atom is -0.507 e. The summed E-state index contributed by atoms with van der Waals surface area (Å²) in [6, 6.07) is 19.1. The Morgan fingerprint density at radius 3 is 2.32 bits per heavy atom. The molecule has 1 aliphatic rings. The van der Waals surface area contributed by atoms with Crippen LogP contribution in [0.25, 0.3) is 5.76 Å². The molecule has 3 aromatic carbocycles. The van der Waals surface area contributed by atoms with Gasteiger partial charge in [0.05, 0.1) is 16.5 Å². The summed E-state index contributed by atoms with van der Waals surface area (Å²) >= 11 is 0. The van der Waals surface area contributed by atoms with Gasteiger partial charge < -0.3 is 14.7 Å². The SMILES string of the molecule is Cc1cccc(C2/C(=C(/O)c3cccc([N+](=O)[O-])c3)C(=O)C(=O)N2Cc2ccc(OC(C)(C)C)cc2)c1. The number of ether oxygens (including phenoxy) is 1. The highest BCUT2D eigenvalue weighted by Gasteiger charge is 2.46. The Bertz CT molecular complexity index is 1400. The van der Waals surface area contributed by atoms with E-state index >= 15 is 0 Å². The average Bonchev–Trinajstić information content (AvgIpc) is 3.09. The minimum absolute atomic E-state index is 0.0912. The molecular weight excluding hydrogens is 472 g/mol. The van der Waals surface area contributed by atoms with Gasteiger partial charge in [0.25, 0.3) is 17.4 Å². The lowest BCUT2D eigenvalue weighted by atomic mass is 9.94. The quantitative estimate of drug-likeness (QED) is 0.153. The van der Waals surface area contributed by atoms with E-state index < -0.39 is 28.4 Å². The van der Waals surface area contributed by atoms with E-state index in [4.69, 9.17) is 4.74 Å². The summed E-state index contributed by atoms with van der Waals surface area (Å²) in [5.41, 5.74) is 1.73. The van der Waals surface area contributed by atoms with Crippen LogP contribution in [-0.2, 0) is 16.1 Å². The third kappa shape index (κ3) is 5.53. The summed E-state index contributed by atoms with van der Waals surface area (Å²) in [7, 11) is 0. The number of nitro groups is 1. The summed E-state index contributed by atoms with van der Waals surface area (Å²) in [4.78, 5) is 38.6. The van der Waals surface area contributed by atoms with Gasteiger partial charge in [-0.25, -0.2) is 0 Å². The number of aliphatic hydroxyl groups excluding tert-OH is 1. The molecule has 0 aromatic heterocycles. The molecule has 4 rings (SSSR count). The van der Waals surface area contributed by atoms with Crippen LogP contribution in [0, 0.1) is 17.0 Å². The van der Waals surface area contributed by atoms with Crippen LogP contribution in [0.15, 0.2) is 78.4 Å². The first-order chi connectivity index (χ1) is 17.4. The number of carbonyl (C=O) groups is 2. The van der Waals surface area contributed by atoms with E-state index in [-0.39, 0.29) is 29.0 Å². The maximum Gasteiger partial charge on any atom is 0.295 e. The first-order valence-corrected chi connectivity index (χ1v) is 11.8. The molecule has 0 saturated carbocycles. The Morgan fingerprint density at radius 1 is 1.03 bits per heavy atom. The largest absolute Gasteiger partial charge is 0.507 e. The maximum atomic E-state index is 13.3. The maximum absolute atomic E-state index is 13.3. The zero-order valence-corrected chi connectivity index (χ0v) is 21.1. The second kappa shape index (κ2) is 9.89. The summed E-state index contributed by atoms with van der Waals surface area (Å²) in [5, 5.41) is 22.4. The molecule has 8 heteroatoms. The van der Waals surface area contributed by atoms with Crippen LogP contribution >= 0.6 is 0 Å². The molecule has 1 saturated heterocycles. The van der Waals surface area contributed by atoms with Crippen molar-refractivity contribution in [2.75, 3.05) is 0 Å². The predicted molar refractivity (Wildman–Crippen MR) is 139 cm³/mol. The van der Waals surface area contributed by atoms with Crippen LogP contribution in [0.3, 0.4) is 0 Å². The highest BCUT2D eigenvalue weighted by molar-refractivity contribution is 6.46. The molecule has 1 amide bonds. The highest BCUT2D eigenvalue weighted by atomic mass is 16.6. The summed E-state index contributed by atoms with van der Waals surface area (Å²) in [6.45, 7) is 7.85. The average molecular weight is 501 g/mol. The van der Waals surface area contributed by atoms with Gasteiger partial charge >= 0.3 is 0 Å². The zero-order valence-electron chi connectivity index (χ0n) is 21.1. The number of amides is 1. The van der Waals surface area contributed by atoms with Crippen LogP contribution in [0.4, 0.5) is 5.69 Å². The lowest BCUT2D eigenvalue weighted by Crippen LogP contribution is -2.29. The molecule has 1 unspecified atom stereocenters. The Balaban J connectivity index is 1.78. The molecule has 1 aliphatic heterocycles. The van der Waals surface area contributed by atoms with Gasteiger partial charge in [0.1, 0.15) is 17.1 Å². The Kier molecular flexibility index (Phi) is 6.85. The molecule has 190 valence electrons. The van der Waals surface area contributed by atoms with Crippen LogP contribution < -0.4 is 4.74 Å². The Morgan fingerprint density at radius 2 is 1.70 bits per heavy atom. The lowest BCUT2D eigenvalue weighted by molar-refractivity contribution is -0.384. The van der Waals surface area contributed by atoms with E-state index in [1.165, 1.54) is 29.2 Å². The van der Waals surface area contributed by atoms with E-state index in [2.05, 4.69) is 0 Å². The number of hydrogen-bond acceptors (Lipinski definition) is 6. The molecule has 0 spiro atoms. The number of Topliss-reactive ketones (excluding diaryl/α,β-unsaturated/α-hetero) is 1. The van der Waals surface area contributed by atoms with Crippen LogP contribution in [-0.4, -0.2) is 32.2 Å². The molecule has 0 radical (unpaired) electrons. The molecular formula is C29H28N2O6. The van der Waals surface area contributed by atoms with Crippen molar-refractivity contribution in [2.45, 2.75) is 45.9 Å². The molecule has 0 bridgehead atoms. The third-order valence-electron chi connectivity index (χ3n) is 5.93. The number of nitrogens with zero attached hydrogens (tertiary/aromatic N) is 2. The first-order valence-electron chi connectivity index (χ1n) is 11.8. The number of aliphatic hydroxyl groups is 1. The lowest BCUT2D eigenvalue weighted by Gasteiger charge is -2.26. The number of non-ortho nitro benzene ring substituents is 1. The van der Waals surface area contributed by atoms with Crippen LogP contribution in [0.2, 0.25) is 0 Å². The fourth-order valence-electron chi connectivity index (χ4n) is 4.37. The zero-order chi connectivity index (χ0) is 26.9. The molecule has 8 nitrogen and oxygen atoms in total. The van der Waals surface area contributed by atoms with E-state index in [0.29, 0.717) is 11.3 Å². The topological polar surface area (TPSA) is 110 Å². The number of likely N-dealkylation sites (tertiary alicyclic amines) is 1. The first kappa shape index (κ1) is 25.6. The summed E-state index contributed by atoms with van der Waals surface area (Å²) in [6.07, 6.45) is 0. The molecule has 0 aliphatic carbocycles. The van der Waals surface area contributed by atoms with E-state index in [0.717, 1.165) is 11.1 Å². The van der Waals surface area contributed by atoms with E-state index in [9.17, 15) is 24.8 Å². The number of aryl methyl sites for hydroxylation is 1. The molecule has 3 aromatic rings. The van der Waals surface area contributed by atoms with Gasteiger partial charge in [-0.15, -0.1) is 0 Å². The van der Waals surface area contributed by atoms with Gasteiger partial charge in [-0.3, -0.25) is 19.7 Å². The van der Waals surface area contributed by atoms with Crippen molar-refractivity contribution in [3.8, 4) is 5.75 Å². The fourth-order valence-corrected chi connectivity index (χ4v) is 4.37. The van der Waals surface area contributed by atoms with Crippen molar-refractivity contribution in [2.24, 2.45) is 0 Å². The third-order valence-corrected chi connectivity index (χ3v) is 5.93. The van der Waals surface area contributed by atoms with Gasteiger partial charge in [0.2, 0.25) is 0 Å². The number of benzene rings is 3.